The first-order chi connectivity index (χ1) is 3.33. The molecule has 0 fully saturated rings. The van der Waals surface area contributed by atoms with E-state index in [4.69, 9.17) is 21.6 Å². The van der Waals surface area contributed by atoms with E-state index >= 15 is 0 Å². The Balaban J connectivity index is -0.0000000575. The molecule has 0 saturated heterocycles. The second-order valence-corrected chi connectivity index (χ2v) is 0.652. The molecule has 0 aromatic heterocycles. The number of hydrogen-bond donors (Lipinski definition) is 2. The maximum atomic E-state index is 8.00. The third kappa shape index (κ3) is 148. The van der Waals surface area contributed by atoms with Gasteiger partial charge in [-0.1, -0.05) is 0 Å². The van der Waals surface area contributed by atoms with Crippen molar-refractivity contribution in [1.29, 1.82) is 0 Å². The zero-order chi connectivity index (χ0) is 6.12. The molecule has 8 heavy (non-hydrogen) atoms. The summed E-state index contributed by atoms with van der Waals surface area (Å²) in [6.07, 6.45) is 0. The third-order valence-corrected chi connectivity index (χ3v) is 0.167. The molecule has 0 rings (SSSR count). The topological polar surface area (TPSA) is 105 Å². The van der Waals surface area contributed by atoms with Crippen LogP contribution in [0.2, 0.25) is 0 Å². The van der Waals surface area contributed by atoms with E-state index in [1.807, 2.05) is 0 Å². The van der Waals surface area contributed by atoms with Crippen LogP contribution in [0.3, 0.4) is 0 Å². The summed E-state index contributed by atoms with van der Waals surface area (Å²) >= 11 is 0. The predicted molar refractivity (Wildman–Crippen MR) is 27.3 cm³/mol. The van der Waals surface area contributed by atoms with Crippen molar-refractivity contribution in [2.75, 3.05) is 13.1 Å². The molecule has 4 N–H and O–H groups in total. The normalized spacial score (nSPS) is 5.25. The Bertz CT molecular complexity index is 34.5. The molecule has 0 spiro atoms. The summed E-state index contributed by atoms with van der Waals surface area (Å²) in [6.45, 7) is 1.19. The van der Waals surface area contributed by atoms with Crippen molar-refractivity contribution in [3.05, 3.63) is 10.1 Å². The predicted octanol–water partition coefficient (Wildman–Crippen LogP) is -0.848. The van der Waals surface area contributed by atoms with Crippen molar-refractivity contribution in [3.63, 3.8) is 0 Å². The van der Waals surface area contributed by atoms with Gasteiger partial charge in [-0.2, -0.15) is 0 Å². The summed E-state index contributed by atoms with van der Waals surface area (Å²) in [5.74, 6) is 0. The van der Waals surface area contributed by atoms with Crippen LogP contribution in [0.25, 0.3) is 0 Å². The summed E-state index contributed by atoms with van der Waals surface area (Å²) in [6, 6.07) is 0. The summed E-state index contributed by atoms with van der Waals surface area (Å²) in [5.41, 5.74) is 9.81. The molecule has 0 atom stereocenters. The fraction of sp³-hybridized carbons (Fsp3) is 1.00. The van der Waals surface area contributed by atoms with Crippen LogP contribution < -0.4 is 11.5 Å². The van der Waals surface area contributed by atoms with E-state index in [0.29, 0.717) is 13.1 Å². The van der Waals surface area contributed by atoms with Gasteiger partial charge in [0, 0.05) is 34.2 Å². The smallest absolute Gasteiger partial charge is 0.00461 e. The minimum Gasteiger partial charge on any atom is -0.444 e. The summed E-state index contributed by atoms with van der Waals surface area (Å²) in [5, 5.41) is 9.00. The average molecular weight is 301 g/mol. The van der Waals surface area contributed by atoms with Crippen LogP contribution >= 0.6 is 0 Å². The second kappa shape index (κ2) is 28.0. The second-order valence-electron chi connectivity index (χ2n) is 0.652. The van der Waals surface area contributed by atoms with Crippen LogP contribution in [0.1, 0.15) is 0 Å². The summed E-state index contributed by atoms with van der Waals surface area (Å²) < 4.78 is 0. The molecule has 0 radical (unpaired) electrons. The van der Waals surface area contributed by atoms with E-state index < -0.39 is 0 Å². The molecule has 0 saturated carbocycles. The number of nitrogens with zero attached hydrogens (tertiary/aromatic N) is 1. The molecular weight excluding hydrogens is 293 g/mol. The monoisotopic (exact) mass is 301 g/mol. The molecule has 0 aliphatic carbocycles. The first kappa shape index (κ1) is 15.7. The fourth-order valence-corrected chi connectivity index (χ4v) is 0. The minimum atomic E-state index is 0. The molecule has 6 heteroatoms. The van der Waals surface area contributed by atoms with Gasteiger partial charge in [-0.25, -0.2) is 0 Å². The number of rotatable bonds is 1. The van der Waals surface area contributed by atoms with Gasteiger partial charge in [0.05, 0.1) is 0 Å². The molecule has 0 aliphatic heterocycles. The van der Waals surface area contributed by atoms with Crippen LogP contribution in [-0.2, 0) is 21.1 Å². The minimum absolute atomic E-state index is 0. The SMILES string of the molecule is NCCN.O=N[O-].[Pt]. The molecule has 0 heterocycles. The maximum Gasteiger partial charge on any atom is 0.00461 e. The number of nitrogens with two attached hydrogens (primary N) is 2. The first-order valence-electron chi connectivity index (χ1n) is 1.68. The quantitative estimate of drug-likeness (QED) is 0.486. The van der Waals surface area contributed by atoms with Crippen molar-refractivity contribution < 1.29 is 21.1 Å². The zero-order valence-electron chi connectivity index (χ0n) is 4.15. The van der Waals surface area contributed by atoms with Crippen molar-refractivity contribution in [2.24, 2.45) is 16.8 Å². The molecular formula is C2H8N3O2Pt-. The van der Waals surface area contributed by atoms with Crippen LogP contribution in [0, 0.1) is 10.1 Å². The summed E-state index contributed by atoms with van der Waals surface area (Å²) in [4.78, 5) is 8.00. The molecule has 5 nitrogen and oxygen atoms in total. The molecule has 0 amide bonds. The average Bonchev–Trinajstić information content (AvgIpc) is 1.69. The molecule has 0 bridgehead atoms. The Morgan fingerprint density at radius 2 is 1.50 bits per heavy atom. The van der Waals surface area contributed by atoms with E-state index in [2.05, 4.69) is 0 Å². The Morgan fingerprint density at radius 1 is 1.38 bits per heavy atom. The Hall–Kier alpha value is 0.00831. The van der Waals surface area contributed by atoms with Crippen LogP contribution in [-0.4, -0.2) is 13.1 Å². The van der Waals surface area contributed by atoms with Crippen molar-refractivity contribution >= 4 is 0 Å². The Morgan fingerprint density at radius 3 is 1.50 bits per heavy atom. The van der Waals surface area contributed by atoms with Gasteiger partial charge in [-0.05, 0) is 0 Å². The van der Waals surface area contributed by atoms with Gasteiger partial charge in [-0.3, -0.25) is 0 Å². The van der Waals surface area contributed by atoms with Gasteiger partial charge in [-0.15, -0.1) is 5.34 Å². The molecule has 0 aliphatic rings. The van der Waals surface area contributed by atoms with E-state index in [-0.39, 0.29) is 21.1 Å². The first-order valence-corrected chi connectivity index (χ1v) is 1.68. The Kier molecular flexibility index (Phi) is 54.8. The standard InChI is InChI=1S/C2H8N2.HNO2.Pt/c3-1-2-4;2-1-3;/h1-4H2;(H,2,3);/p-1. The zero-order valence-corrected chi connectivity index (χ0v) is 6.42. The van der Waals surface area contributed by atoms with E-state index in [9.17, 15) is 0 Å². The van der Waals surface area contributed by atoms with E-state index in [1.54, 1.807) is 0 Å². The molecule has 0 unspecified atom stereocenters. The van der Waals surface area contributed by atoms with Crippen molar-refractivity contribution in [2.45, 2.75) is 0 Å². The van der Waals surface area contributed by atoms with Gasteiger partial charge < -0.3 is 21.6 Å². The fourth-order valence-electron chi connectivity index (χ4n) is 0. The van der Waals surface area contributed by atoms with Crippen LogP contribution in [0.5, 0.6) is 0 Å². The molecule has 0 aromatic rings. The largest absolute Gasteiger partial charge is 0.444 e. The van der Waals surface area contributed by atoms with Crippen LogP contribution in [0.4, 0.5) is 0 Å². The molecule has 0 aromatic carbocycles. The van der Waals surface area contributed by atoms with Crippen LogP contribution in [0.15, 0.2) is 5.34 Å². The Labute approximate surface area is 61.6 Å². The van der Waals surface area contributed by atoms with E-state index in [1.165, 1.54) is 0 Å². The van der Waals surface area contributed by atoms with Crippen molar-refractivity contribution in [3.8, 4) is 0 Å². The third-order valence-electron chi connectivity index (χ3n) is 0.167. The summed E-state index contributed by atoms with van der Waals surface area (Å²) in [7, 11) is 0. The van der Waals surface area contributed by atoms with Gasteiger partial charge in [0.25, 0.3) is 0 Å². The number of hydrogen-bond acceptors (Lipinski definition) is 5. The van der Waals surface area contributed by atoms with Gasteiger partial charge in [0.1, 0.15) is 0 Å². The van der Waals surface area contributed by atoms with Gasteiger partial charge in [0.2, 0.25) is 0 Å². The van der Waals surface area contributed by atoms with Gasteiger partial charge in [0.15, 0.2) is 0 Å². The maximum absolute atomic E-state index is 8.00. The van der Waals surface area contributed by atoms with E-state index in [0.717, 1.165) is 5.34 Å². The van der Waals surface area contributed by atoms with Gasteiger partial charge >= 0.3 is 0 Å². The van der Waals surface area contributed by atoms with Crippen molar-refractivity contribution in [1.82, 2.24) is 0 Å². The molecule has 54 valence electrons.